The summed E-state index contributed by atoms with van der Waals surface area (Å²) < 4.78 is 7.56. The quantitative estimate of drug-likeness (QED) is 0.608. The fourth-order valence-corrected chi connectivity index (χ4v) is 4.42. The van der Waals surface area contributed by atoms with Crippen molar-refractivity contribution in [2.45, 2.75) is 25.4 Å². The van der Waals surface area contributed by atoms with Crippen molar-refractivity contribution in [1.82, 2.24) is 29.6 Å². The second-order valence-electron chi connectivity index (χ2n) is 7.58. The average molecular weight is 414 g/mol. The van der Waals surface area contributed by atoms with Gasteiger partial charge < -0.3 is 9.64 Å². The Morgan fingerprint density at radius 1 is 1.07 bits per heavy atom. The van der Waals surface area contributed by atoms with Crippen LogP contribution >= 0.6 is 11.6 Å². The van der Waals surface area contributed by atoms with Gasteiger partial charge in [0.05, 0.1) is 30.8 Å². The molecule has 0 N–H and O–H groups in total. The molecule has 0 bridgehead atoms. The lowest BCUT2D eigenvalue weighted by Crippen LogP contribution is -2.37. The molecule has 0 spiro atoms. The van der Waals surface area contributed by atoms with E-state index in [1.165, 1.54) is 0 Å². The molecule has 2 aliphatic rings. The molecule has 3 aromatic heterocycles. The summed E-state index contributed by atoms with van der Waals surface area (Å²) in [7, 11) is 0. The normalized spacial score (nSPS) is 19.1. The number of rotatable bonds is 4. The van der Waals surface area contributed by atoms with Crippen LogP contribution in [0.1, 0.15) is 24.4 Å². The largest absolute Gasteiger partial charge is 0.378 e. The van der Waals surface area contributed by atoms with Gasteiger partial charge in [-0.2, -0.15) is 5.10 Å². The zero-order valence-corrected chi connectivity index (χ0v) is 17.0. The van der Waals surface area contributed by atoms with Gasteiger partial charge in [0.1, 0.15) is 17.3 Å². The summed E-state index contributed by atoms with van der Waals surface area (Å²) in [5, 5.41) is 6.33. The van der Waals surface area contributed by atoms with Crippen molar-refractivity contribution in [3.63, 3.8) is 0 Å². The molecule has 9 heteroatoms. The van der Waals surface area contributed by atoms with Gasteiger partial charge in [-0.25, -0.2) is 19.6 Å². The Balaban J connectivity index is 1.30. The molecule has 8 nitrogen and oxygen atoms in total. The number of aromatic nitrogens is 5. The summed E-state index contributed by atoms with van der Waals surface area (Å²) in [5.41, 5.74) is 2.01. The van der Waals surface area contributed by atoms with Crippen molar-refractivity contribution in [2.24, 2.45) is 0 Å². The van der Waals surface area contributed by atoms with E-state index in [4.69, 9.17) is 21.4 Å². The van der Waals surface area contributed by atoms with E-state index in [9.17, 15) is 0 Å². The summed E-state index contributed by atoms with van der Waals surface area (Å²) in [6.45, 7) is 6.01. The van der Waals surface area contributed by atoms with Gasteiger partial charge in [-0.05, 0) is 18.9 Å². The number of piperidine rings is 1. The van der Waals surface area contributed by atoms with Gasteiger partial charge in [0, 0.05) is 44.5 Å². The molecule has 0 amide bonds. The summed E-state index contributed by atoms with van der Waals surface area (Å²) >= 11 is 6.22. The molecule has 2 fully saturated rings. The molecule has 29 heavy (non-hydrogen) atoms. The number of morpholine rings is 1. The van der Waals surface area contributed by atoms with E-state index >= 15 is 0 Å². The summed E-state index contributed by atoms with van der Waals surface area (Å²) in [6.07, 6.45) is 7.37. The van der Waals surface area contributed by atoms with E-state index in [0.717, 1.165) is 81.2 Å². The highest BCUT2D eigenvalue weighted by Crippen LogP contribution is 2.30. The molecule has 2 aliphatic heterocycles. The topological polar surface area (TPSA) is 72.2 Å². The first-order chi connectivity index (χ1) is 14.3. The maximum Gasteiger partial charge on any atom is 0.163 e. The number of likely N-dealkylation sites (tertiary alicyclic amines) is 1. The predicted octanol–water partition coefficient (Wildman–Crippen LogP) is 2.55. The fraction of sp³-hybridized carbons (Fsp3) is 0.500. The maximum atomic E-state index is 6.22. The Morgan fingerprint density at radius 3 is 2.69 bits per heavy atom. The molecule has 152 valence electrons. The summed E-state index contributed by atoms with van der Waals surface area (Å²) in [6, 6.07) is 4.34. The Bertz CT molecular complexity index is 980. The van der Waals surface area contributed by atoms with E-state index in [2.05, 4.69) is 29.4 Å². The highest BCUT2D eigenvalue weighted by atomic mass is 35.5. The number of ether oxygens (including phenoxy) is 1. The van der Waals surface area contributed by atoms with Gasteiger partial charge in [-0.1, -0.05) is 17.7 Å². The number of nitrogens with zero attached hydrogens (tertiary/aromatic N) is 7. The zero-order chi connectivity index (χ0) is 19.6. The number of hydrogen-bond donors (Lipinski definition) is 0. The number of fused-ring (bicyclic) bond motifs is 1. The molecule has 2 saturated heterocycles. The van der Waals surface area contributed by atoms with Gasteiger partial charge in [-0.3, -0.25) is 4.90 Å². The van der Waals surface area contributed by atoms with Gasteiger partial charge in [0.2, 0.25) is 0 Å². The smallest absolute Gasteiger partial charge is 0.163 e. The molecule has 0 aromatic carbocycles. The van der Waals surface area contributed by atoms with Crippen LogP contribution in [0.5, 0.6) is 0 Å². The van der Waals surface area contributed by atoms with E-state index < -0.39 is 0 Å². The third-order valence-corrected chi connectivity index (χ3v) is 6.15. The summed E-state index contributed by atoms with van der Waals surface area (Å²) in [5.74, 6) is 0.966. The standard InChI is InChI=1S/C20H24ClN7O/c21-18-15(2-1-5-22-18)13-26-6-3-16(4-7-26)28-20-17(12-25-28)19(23-14-24-20)27-8-10-29-11-9-27/h1-2,5,12,14,16H,3-4,6-11,13H2. The SMILES string of the molecule is Clc1ncccc1CN1CCC(n2ncc3c(N4CCOCC4)ncnc32)CC1. The van der Waals surface area contributed by atoms with Crippen molar-refractivity contribution in [1.29, 1.82) is 0 Å². The van der Waals surface area contributed by atoms with Gasteiger partial charge in [0.15, 0.2) is 5.65 Å². The van der Waals surface area contributed by atoms with Crippen LogP contribution in [0, 0.1) is 0 Å². The minimum atomic E-state index is 0.348. The lowest BCUT2D eigenvalue weighted by atomic mass is 10.0. The molecule has 5 heterocycles. The monoisotopic (exact) mass is 413 g/mol. The van der Waals surface area contributed by atoms with Crippen LogP contribution in [0.25, 0.3) is 11.0 Å². The maximum absolute atomic E-state index is 6.22. The van der Waals surface area contributed by atoms with Crippen LogP contribution < -0.4 is 4.90 Å². The van der Waals surface area contributed by atoms with Crippen LogP contribution in [-0.2, 0) is 11.3 Å². The second-order valence-corrected chi connectivity index (χ2v) is 7.94. The van der Waals surface area contributed by atoms with Crippen molar-refractivity contribution < 1.29 is 4.74 Å². The first-order valence-corrected chi connectivity index (χ1v) is 10.5. The Morgan fingerprint density at radius 2 is 1.90 bits per heavy atom. The van der Waals surface area contributed by atoms with Gasteiger partial charge in [0.25, 0.3) is 0 Å². The Kier molecular flexibility index (Phi) is 5.30. The van der Waals surface area contributed by atoms with E-state index in [-0.39, 0.29) is 0 Å². The van der Waals surface area contributed by atoms with Gasteiger partial charge in [-0.15, -0.1) is 0 Å². The minimum absolute atomic E-state index is 0.348. The molecular formula is C20H24ClN7O. The molecule has 0 unspecified atom stereocenters. The van der Waals surface area contributed by atoms with Crippen LogP contribution in [0.4, 0.5) is 5.82 Å². The fourth-order valence-electron chi connectivity index (χ4n) is 4.24. The second kappa shape index (κ2) is 8.22. The van der Waals surface area contributed by atoms with Crippen LogP contribution in [0.3, 0.4) is 0 Å². The molecule has 3 aromatic rings. The number of anilines is 1. The van der Waals surface area contributed by atoms with E-state index in [1.807, 2.05) is 18.3 Å². The van der Waals surface area contributed by atoms with E-state index in [0.29, 0.717) is 11.2 Å². The molecule has 5 rings (SSSR count). The molecule has 0 saturated carbocycles. The molecule has 0 atom stereocenters. The highest BCUT2D eigenvalue weighted by molar-refractivity contribution is 6.30. The Labute approximate surface area is 174 Å². The van der Waals surface area contributed by atoms with Crippen molar-refractivity contribution in [2.75, 3.05) is 44.3 Å². The van der Waals surface area contributed by atoms with E-state index in [1.54, 1.807) is 12.5 Å². The van der Waals surface area contributed by atoms with Crippen molar-refractivity contribution in [3.05, 3.63) is 41.6 Å². The van der Waals surface area contributed by atoms with Crippen molar-refractivity contribution >= 4 is 28.5 Å². The van der Waals surface area contributed by atoms with Crippen LogP contribution in [-0.4, -0.2) is 69.0 Å². The number of halogens is 1. The molecule has 0 radical (unpaired) electrons. The first kappa shape index (κ1) is 18.7. The average Bonchev–Trinajstić information content (AvgIpc) is 3.21. The van der Waals surface area contributed by atoms with Gasteiger partial charge >= 0.3 is 0 Å². The summed E-state index contributed by atoms with van der Waals surface area (Å²) in [4.78, 5) is 18.0. The molecule has 0 aliphatic carbocycles. The third-order valence-electron chi connectivity index (χ3n) is 5.81. The van der Waals surface area contributed by atoms with Crippen molar-refractivity contribution in [3.8, 4) is 0 Å². The number of hydrogen-bond acceptors (Lipinski definition) is 7. The number of pyridine rings is 1. The lowest BCUT2D eigenvalue weighted by molar-refractivity contribution is 0.122. The first-order valence-electron chi connectivity index (χ1n) is 10.1. The lowest BCUT2D eigenvalue weighted by Gasteiger charge is -2.32. The molecular weight excluding hydrogens is 390 g/mol. The highest BCUT2D eigenvalue weighted by Gasteiger charge is 2.25. The van der Waals surface area contributed by atoms with Crippen LogP contribution in [0.15, 0.2) is 30.9 Å². The van der Waals surface area contributed by atoms with Crippen LogP contribution in [0.2, 0.25) is 5.15 Å². The third kappa shape index (κ3) is 3.80. The minimum Gasteiger partial charge on any atom is -0.378 e. The Hall–Kier alpha value is -2.29. The zero-order valence-electron chi connectivity index (χ0n) is 16.2. The predicted molar refractivity (Wildman–Crippen MR) is 111 cm³/mol.